The minimum absolute atomic E-state index is 0.121. The van der Waals surface area contributed by atoms with Gasteiger partial charge in [0, 0.05) is 12.4 Å². The lowest BCUT2D eigenvalue weighted by atomic mass is 9.95. The first kappa shape index (κ1) is 13.7. The summed E-state index contributed by atoms with van der Waals surface area (Å²) in [5, 5.41) is 10.9. The van der Waals surface area contributed by atoms with Gasteiger partial charge in [0.15, 0.2) is 0 Å². The number of aromatic nitrogens is 1. The zero-order chi connectivity index (χ0) is 14.7. The number of hydrogen-bond donors (Lipinski definition) is 1. The van der Waals surface area contributed by atoms with Crippen LogP contribution in [0, 0.1) is 6.92 Å². The van der Waals surface area contributed by atoms with E-state index in [2.05, 4.69) is 23.6 Å². The van der Waals surface area contributed by atoms with Crippen LogP contribution < -0.4 is 0 Å². The molecule has 1 heterocycles. The third-order valence-corrected chi connectivity index (χ3v) is 3.81. The first-order chi connectivity index (χ1) is 10.3. The van der Waals surface area contributed by atoms with Crippen molar-refractivity contribution in [3.05, 3.63) is 95.8 Å². The smallest absolute Gasteiger partial charge is 0.104 e. The van der Waals surface area contributed by atoms with E-state index in [4.69, 9.17) is 0 Å². The van der Waals surface area contributed by atoms with Crippen molar-refractivity contribution < 1.29 is 5.11 Å². The zero-order valence-electron chi connectivity index (χ0n) is 12.1. The summed E-state index contributed by atoms with van der Waals surface area (Å²) in [6, 6.07) is 22.0. The predicted molar refractivity (Wildman–Crippen MR) is 85.2 cm³/mol. The van der Waals surface area contributed by atoms with Gasteiger partial charge >= 0.3 is 0 Å². The average molecular weight is 277 g/mol. The minimum Gasteiger partial charge on any atom is -0.386 e. The van der Waals surface area contributed by atoms with Gasteiger partial charge in [0.1, 0.15) is 6.10 Å². The highest BCUT2D eigenvalue weighted by Gasteiger charge is 2.23. The molecule has 1 aromatic heterocycles. The van der Waals surface area contributed by atoms with Crippen LogP contribution in [-0.4, -0.2) is 9.67 Å². The maximum absolute atomic E-state index is 10.9. The molecule has 0 spiro atoms. The summed E-state index contributed by atoms with van der Waals surface area (Å²) in [5.74, 6) is 0. The van der Waals surface area contributed by atoms with Crippen molar-refractivity contribution in [3.8, 4) is 0 Å². The van der Waals surface area contributed by atoms with Gasteiger partial charge in [0.05, 0.1) is 6.04 Å². The molecule has 2 nitrogen and oxygen atoms in total. The summed E-state index contributed by atoms with van der Waals surface area (Å²) < 4.78 is 2.06. The summed E-state index contributed by atoms with van der Waals surface area (Å²) in [6.45, 7) is 2.05. The van der Waals surface area contributed by atoms with Gasteiger partial charge in [0.2, 0.25) is 0 Å². The molecule has 3 rings (SSSR count). The van der Waals surface area contributed by atoms with Gasteiger partial charge in [-0.15, -0.1) is 0 Å². The van der Waals surface area contributed by atoms with E-state index in [1.54, 1.807) is 0 Å². The Hall–Kier alpha value is -2.32. The van der Waals surface area contributed by atoms with Crippen LogP contribution in [-0.2, 0) is 0 Å². The second-order valence-corrected chi connectivity index (χ2v) is 5.34. The summed E-state index contributed by atoms with van der Waals surface area (Å²) in [5.41, 5.74) is 3.23. The summed E-state index contributed by atoms with van der Waals surface area (Å²) in [7, 11) is 0. The van der Waals surface area contributed by atoms with E-state index in [1.165, 1.54) is 5.56 Å². The molecule has 0 aliphatic carbocycles. The molecule has 2 unspecified atom stereocenters. The Bertz CT molecular complexity index is 671. The molecule has 0 aliphatic heterocycles. The quantitative estimate of drug-likeness (QED) is 0.762. The number of hydrogen-bond acceptors (Lipinski definition) is 1. The van der Waals surface area contributed by atoms with Crippen LogP contribution in [0.25, 0.3) is 0 Å². The monoisotopic (exact) mass is 277 g/mol. The molecule has 21 heavy (non-hydrogen) atoms. The molecular formula is C19H19NO. The largest absolute Gasteiger partial charge is 0.386 e. The maximum atomic E-state index is 10.9. The Labute approximate surface area is 125 Å². The molecule has 1 N–H and O–H groups in total. The van der Waals surface area contributed by atoms with Crippen molar-refractivity contribution in [3.63, 3.8) is 0 Å². The minimum atomic E-state index is -0.583. The Balaban J connectivity index is 2.01. The van der Waals surface area contributed by atoms with Crippen LogP contribution in [0.3, 0.4) is 0 Å². The van der Waals surface area contributed by atoms with Gasteiger partial charge in [-0.3, -0.25) is 0 Å². The van der Waals surface area contributed by atoms with Gasteiger partial charge in [-0.25, -0.2) is 0 Å². The Morgan fingerprint density at radius 2 is 1.38 bits per heavy atom. The van der Waals surface area contributed by atoms with E-state index in [1.807, 2.05) is 67.0 Å². The van der Waals surface area contributed by atoms with Gasteiger partial charge in [-0.05, 0) is 30.2 Å². The number of aryl methyl sites for hydroxylation is 1. The van der Waals surface area contributed by atoms with Crippen molar-refractivity contribution in [2.24, 2.45) is 0 Å². The summed E-state index contributed by atoms with van der Waals surface area (Å²) in [4.78, 5) is 0. The maximum Gasteiger partial charge on any atom is 0.104 e. The molecule has 0 aliphatic rings. The van der Waals surface area contributed by atoms with Crippen LogP contribution in [0.1, 0.15) is 28.8 Å². The lowest BCUT2D eigenvalue weighted by Gasteiger charge is -2.25. The summed E-state index contributed by atoms with van der Waals surface area (Å²) in [6.07, 6.45) is 3.41. The Kier molecular flexibility index (Phi) is 3.89. The number of aliphatic hydroxyl groups is 1. The third kappa shape index (κ3) is 2.91. The van der Waals surface area contributed by atoms with E-state index < -0.39 is 6.10 Å². The summed E-state index contributed by atoms with van der Waals surface area (Å²) >= 11 is 0. The predicted octanol–water partition coefficient (Wildman–Crippen LogP) is 4.12. The van der Waals surface area contributed by atoms with Crippen LogP contribution >= 0.6 is 0 Å². The lowest BCUT2D eigenvalue weighted by molar-refractivity contribution is 0.131. The van der Waals surface area contributed by atoms with E-state index in [0.29, 0.717) is 0 Å². The molecule has 0 fully saturated rings. The van der Waals surface area contributed by atoms with Crippen LogP contribution in [0.4, 0.5) is 0 Å². The molecule has 106 valence electrons. The number of benzene rings is 2. The SMILES string of the molecule is Cc1ccc(C(O)C(c2ccccc2)n2cccc2)cc1. The first-order valence-electron chi connectivity index (χ1n) is 7.18. The van der Waals surface area contributed by atoms with E-state index in [0.717, 1.165) is 11.1 Å². The molecular weight excluding hydrogens is 258 g/mol. The number of rotatable bonds is 4. The highest BCUT2D eigenvalue weighted by atomic mass is 16.3. The normalized spacial score (nSPS) is 13.8. The average Bonchev–Trinajstić information content (AvgIpc) is 3.03. The third-order valence-electron chi connectivity index (χ3n) is 3.81. The number of nitrogens with zero attached hydrogens (tertiary/aromatic N) is 1. The zero-order valence-corrected chi connectivity index (χ0v) is 12.1. The van der Waals surface area contributed by atoms with E-state index >= 15 is 0 Å². The molecule has 2 atom stereocenters. The highest BCUT2D eigenvalue weighted by Crippen LogP contribution is 2.32. The second-order valence-electron chi connectivity index (χ2n) is 5.34. The lowest BCUT2D eigenvalue weighted by Crippen LogP contribution is -2.18. The first-order valence-corrected chi connectivity index (χ1v) is 7.18. The van der Waals surface area contributed by atoms with Crippen LogP contribution in [0.15, 0.2) is 79.1 Å². The fourth-order valence-corrected chi connectivity index (χ4v) is 2.65. The second kappa shape index (κ2) is 5.98. The fraction of sp³-hybridized carbons (Fsp3) is 0.158. The van der Waals surface area contributed by atoms with Gasteiger partial charge in [-0.1, -0.05) is 60.2 Å². The molecule has 2 aromatic carbocycles. The van der Waals surface area contributed by atoms with Crippen molar-refractivity contribution in [1.29, 1.82) is 0 Å². The van der Waals surface area contributed by atoms with Crippen molar-refractivity contribution in [2.45, 2.75) is 19.1 Å². The molecule has 0 bridgehead atoms. The molecule has 0 amide bonds. The molecule has 0 saturated heterocycles. The molecule has 3 aromatic rings. The Morgan fingerprint density at radius 1 is 0.762 bits per heavy atom. The molecule has 0 saturated carbocycles. The highest BCUT2D eigenvalue weighted by molar-refractivity contribution is 5.29. The van der Waals surface area contributed by atoms with Crippen LogP contribution in [0.5, 0.6) is 0 Å². The topological polar surface area (TPSA) is 25.2 Å². The Morgan fingerprint density at radius 3 is 2.00 bits per heavy atom. The van der Waals surface area contributed by atoms with E-state index in [-0.39, 0.29) is 6.04 Å². The fourth-order valence-electron chi connectivity index (χ4n) is 2.65. The molecule has 2 heteroatoms. The van der Waals surface area contributed by atoms with Crippen molar-refractivity contribution in [2.75, 3.05) is 0 Å². The van der Waals surface area contributed by atoms with Crippen molar-refractivity contribution >= 4 is 0 Å². The van der Waals surface area contributed by atoms with Gasteiger partial charge < -0.3 is 9.67 Å². The van der Waals surface area contributed by atoms with Gasteiger partial charge in [-0.2, -0.15) is 0 Å². The van der Waals surface area contributed by atoms with Crippen LogP contribution in [0.2, 0.25) is 0 Å². The standard InChI is InChI=1S/C19H19NO/c1-15-9-11-17(12-10-15)19(21)18(20-13-5-6-14-20)16-7-3-2-4-8-16/h2-14,18-19,21H,1H3. The number of aliphatic hydroxyl groups excluding tert-OH is 1. The van der Waals surface area contributed by atoms with Gasteiger partial charge in [0.25, 0.3) is 0 Å². The van der Waals surface area contributed by atoms with Crippen molar-refractivity contribution in [1.82, 2.24) is 4.57 Å². The molecule has 0 radical (unpaired) electrons. The van der Waals surface area contributed by atoms with E-state index in [9.17, 15) is 5.11 Å².